The second kappa shape index (κ2) is 14.5. The van der Waals surface area contributed by atoms with Gasteiger partial charge in [0.05, 0.1) is 11.9 Å². The number of anilines is 1. The molecule has 4 rings (SSSR count). The van der Waals surface area contributed by atoms with Crippen LogP contribution in [0, 0.1) is 0 Å². The molecule has 0 heterocycles. The molecule has 10 heteroatoms. The van der Waals surface area contributed by atoms with E-state index >= 15 is 0 Å². The number of carbonyl (C=O) groups is 2. The lowest BCUT2D eigenvalue weighted by Gasteiger charge is -2.35. The first kappa shape index (κ1) is 31.3. The lowest BCUT2D eigenvalue weighted by atomic mass is 9.94. The van der Waals surface area contributed by atoms with Crippen molar-refractivity contribution in [1.29, 1.82) is 0 Å². The van der Waals surface area contributed by atoms with Crippen molar-refractivity contribution in [2.75, 3.05) is 17.1 Å². The molecule has 1 atom stereocenters. The molecule has 1 fully saturated rings. The molecule has 0 unspecified atom stereocenters. The number of hydrogen-bond donors (Lipinski definition) is 1. The molecular weight excluding hydrogens is 670 g/mol. The molecule has 1 aliphatic carbocycles. The minimum absolute atomic E-state index is 0.0603. The van der Waals surface area contributed by atoms with Gasteiger partial charge >= 0.3 is 0 Å². The Morgan fingerprint density at radius 2 is 1.56 bits per heavy atom. The average Bonchev–Trinajstić information content (AvgIpc) is 2.94. The maximum absolute atomic E-state index is 14.2. The minimum Gasteiger partial charge on any atom is -0.352 e. The fraction of sp³-hybridized carbons (Fsp3) is 0.355. The lowest BCUT2D eigenvalue weighted by Crippen LogP contribution is -2.55. The van der Waals surface area contributed by atoms with Crippen LogP contribution in [0.5, 0.6) is 0 Å². The van der Waals surface area contributed by atoms with Crippen LogP contribution in [-0.2, 0) is 32.6 Å². The Morgan fingerprint density at radius 1 is 0.902 bits per heavy atom. The number of nitrogens with zero attached hydrogens (tertiary/aromatic N) is 2. The van der Waals surface area contributed by atoms with Crippen molar-refractivity contribution < 1.29 is 18.0 Å². The highest BCUT2D eigenvalue weighted by Gasteiger charge is 2.34. The van der Waals surface area contributed by atoms with Gasteiger partial charge in [0.1, 0.15) is 12.6 Å². The van der Waals surface area contributed by atoms with Gasteiger partial charge in [0.2, 0.25) is 21.8 Å². The molecule has 1 aliphatic rings. The summed E-state index contributed by atoms with van der Waals surface area (Å²) in [6, 6.07) is 23.3. The predicted octanol–water partition coefficient (Wildman–Crippen LogP) is 6.07. The first-order valence-electron chi connectivity index (χ1n) is 13.7. The number of halogens is 2. The Labute approximate surface area is 259 Å². The fourth-order valence-electron chi connectivity index (χ4n) is 5.18. The van der Waals surface area contributed by atoms with Gasteiger partial charge in [-0.15, -0.1) is 0 Å². The molecule has 3 aromatic carbocycles. The smallest absolute Gasteiger partial charge is 0.244 e. The summed E-state index contributed by atoms with van der Waals surface area (Å²) in [6.45, 7) is -0.307. The molecule has 0 aliphatic heterocycles. The number of hydrogen-bond acceptors (Lipinski definition) is 4. The van der Waals surface area contributed by atoms with E-state index in [0.717, 1.165) is 58.3 Å². The Balaban J connectivity index is 1.73. The van der Waals surface area contributed by atoms with Gasteiger partial charge in [-0.25, -0.2) is 8.42 Å². The number of nitrogens with one attached hydrogen (secondary N) is 1. The molecule has 41 heavy (non-hydrogen) atoms. The van der Waals surface area contributed by atoms with E-state index < -0.39 is 28.5 Å². The number of benzene rings is 3. The van der Waals surface area contributed by atoms with Crippen LogP contribution in [0.3, 0.4) is 0 Å². The Kier molecular flexibility index (Phi) is 11.0. The number of carbonyl (C=O) groups excluding carboxylic acids is 2. The van der Waals surface area contributed by atoms with E-state index in [2.05, 4.69) is 37.2 Å². The molecule has 0 radical (unpaired) electrons. The highest BCUT2D eigenvalue weighted by molar-refractivity contribution is 9.10. The molecule has 0 saturated heterocycles. The third-order valence-corrected chi connectivity index (χ3v) is 9.56. The first-order chi connectivity index (χ1) is 19.6. The van der Waals surface area contributed by atoms with Crippen molar-refractivity contribution in [2.24, 2.45) is 0 Å². The van der Waals surface area contributed by atoms with E-state index in [0.29, 0.717) is 16.6 Å². The molecule has 7 nitrogen and oxygen atoms in total. The summed E-state index contributed by atoms with van der Waals surface area (Å²) < 4.78 is 28.4. The van der Waals surface area contributed by atoms with Gasteiger partial charge in [-0.05, 0) is 64.2 Å². The number of sulfonamides is 1. The summed E-state index contributed by atoms with van der Waals surface area (Å²) in [6.07, 6.45) is 6.47. The predicted molar refractivity (Wildman–Crippen MR) is 170 cm³/mol. The van der Waals surface area contributed by atoms with Crippen molar-refractivity contribution in [3.63, 3.8) is 0 Å². The molecule has 0 spiro atoms. The van der Waals surface area contributed by atoms with Gasteiger partial charge in [0.15, 0.2) is 0 Å². The van der Waals surface area contributed by atoms with Crippen molar-refractivity contribution in [2.45, 2.75) is 57.2 Å². The van der Waals surface area contributed by atoms with Crippen LogP contribution in [-0.4, -0.2) is 50.0 Å². The van der Waals surface area contributed by atoms with Crippen molar-refractivity contribution in [1.82, 2.24) is 10.2 Å². The van der Waals surface area contributed by atoms with Gasteiger partial charge in [-0.1, -0.05) is 89.8 Å². The van der Waals surface area contributed by atoms with Gasteiger partial charge in [-0.2, -0.15) is 0 Å². The van der Waals surface area contributed by atoms with E-state index in [4.69, 9.17) is 0 Å². The summed E-state index contributed by atoms with van der Waals surface area (Å²) in [5.41, 5.74) is 2.09. The van der Waals surface area contributed by atoms with Crippen LogP contribution in [0.15, 0.2) is 87.8 Å². The minimum atomic E-state index is -3.83. The second-order valence-electron chi connectivity index (χ2n) is 10.4. The SMILES string of the molecule is CS(=O)(=O)N(CC(=O)N(Cc1cccc(Br)c1)[C@H](Cc1ccccc1)C(=O)NC1CCCCC1)c1ccccc1Br. The molecule has 218 valence electrons. The summed E-state index contributed by atoms with van der Waals surface area (Å²) in [5, 5.41) is 3.21. The van der Waals surface area contributed by atoms with E-state index in [1.165, 1.54) is 4.90 Å². The molecule has 0 aromatic heterocycles. The van der Waals surface area contributed by atoms with E-state index in [1.807, 2.05) is 54.6 Å². The van der Waals surface area contributed by atoms with Crippen LogP contribution in [0.25, 0.3) is 0 Å². The molecule has 0 bridgehead atoms. The normalized spacial score (nSPS) is 14.7. The van der Waals surface area contributed by atoms with Gasteiger partial charge in [0.25, 0.3) is 0 Å². The van der Waals surface area contributed by atoms with Crippen LogP contribution >= 0.6 is 31.9 Å². The second-order valence-corrected chi connectivity index (χ2v) is 14.1. The summed E-state index contributed by atoms with van der Waals surface area (Å²) >= 11 is 6.93. The zero-order valence-electron chi connectivity index (χ0n) is 23.0. The van der Waals surface area contributed by atoms with Crippen LogP contribution < -0.4 is 9.62 Å². The molecule has 1 N–H and O–H groups in total. The quantitative estimate of drug-likeness (QED) is 0.263. The Morgan fingerprint density at radius 3 is 2.22 bits per heavy atom. The highest BCUT2D eigenvalue weighted by atomic mass is 79.9. The Bertz CT molecular complexity index is 1450. The fourth-order valence-corrected chi connectivity index (χ4v) is 7.10. The van der Waals surface area contributed by atoms with E-state index in [-0.39, 0.29) is 18.5 Å². The molecular formula is C31H35Br2N3O4S. The number of amides is 2. The van der Waals surface area contributed by atoms with Crippen LogP contribution in [0.1, 0.15) is 43.2 Å². The van der Waals surface area contributed by atoms with Gasteiger partial charge < -0.3 is 10.2 Å². The van der Waals surface area contributed by atoms with Crippen LogP contribution in [0.4, 0.5) is 5.69 Å². The van der Waals surface area contributed by atoms with Crippen LogP contribution in [0.2, 0.25) is 0 Å². The van der Waals surface area contributed by atoms with Gasteiger partial charge in [-0.3, -0.25) is 13.9 Å². The largest absolute Gasteiger partial charge is 0.352 e. The van der Waals surface area contributed by atoms with E-state index in [9.17, 15) is 18.0 Å². The summed E-state index contributed by atoms with van der Waals surface area (Å²) in [7, 11) is -3.83. The number of para-hydroxylation sites is 1. The standard InChI is InChI=1S/C31H35Br2N3O4S/c1-41(39,40)36(28-18-9-8-17-27(28)33)22-30(37)35(21-24-13-10-14-25(32)19-24)29(20-23-11-4-2-5-12-23)31(38)34-26-15-6-3-7-16-26/h2,4-5,8-14,17-19,26,29H,3,6-7,15-16,20-22H2,1H3,(H,34,38)/t29-/m1/s1. The number of rotatable bonds is 11. The highest BCUT2D eigenvalue weighted by Crippen LogP contribution is 2.28. The monoisotopic (exact) mass is 703 g/mol. The molecule has 2 amide bonds. The zero-order chi connectivity index (χ0) is 29.4. The Hall–Kier alpha value is -2.69. The molecule has 1 saturated carbocycles. The van der Waals surface area contributed by atoms with E-state index in [1.54, 1.807) is 24.3 Å². The summed E-state index contributed by atoms with van der Waals surface area (Å²) in [4.78, 5) is 29.7. The van der Waals surface area contributed by atoms with Crippen molar-refractivity contribution in [3.8, 4) is 0 Å². The summed E-state index contributed by atoms with van der Waals surface area (Å²) in [5.74, 6) is -0.693. The van der Waals surface area contributed by atoms with Crippen molar-refractivity contribution >= 4 is 59.4 Å². The zero-order valence-corrected chi connectivity index (χ0v) is 27.0. The first-order valence-corrected chi connectivity index (χ1v) is 17.2. The maximum Gasteiger partial charge on any atom is 0.244 e. The third-order valence-electron chi connectivity index (χ3n) is 7.26. The topological polar surface area (TPSA) is 86.8 Å². The average molecular weight is 706 g/mol. The third kappa shape index (κ3) is 8.90. The molecule has 3 aromatic rings. The van der Waals surface area contributed by atoms with Gasteiger partial charge in [0, 0.05) is 28.0 Å². The van der Waals surface area contributed by atoms with Crippen molar-refractivity contribution in [3.05, 3.63) is 98.9 Å². The maximum atomic E-state index is 14.2. The lowest BCUT2D eigenvalue weighted by molar-refractivity contribution is -0.140.